The number of hydrogen-bond donors (Lipinski definition) is 1. The third-order valence-corrected chi connectivity index (χ3v) is 3.80. The van der Waals surface area contributed by atoms with Crippen LogP contribution in [0.1, 0.15) is 5.56 Å². The van der Waals surface area contributed by atoms with Crippen LogP contribution in [0.4, 0.5) is 0 Å². The van der Waals surface area contributed by atoms with Crippen molar-refractivity contribution in [2.24, 2.45) is 0 Å². The van der Waals surface area contributed by atoms with Gasteiger partial charge in [0.2, 0.25) is 0 Å². The number of pyridine rings is 1. The molecular weight excluding hydrogens is 278 g/mol. The summed E-state index contributed by atoms with van der Waals surface area (Å²) in [5.74, 6) is 1.42. The smallest absolute Gasteiger partial charge is 0.163 e. The number of aliphatic hydroxyl groups is 1. The molecule has 3 aromatic rings. The van der Waals surface area contributed by atoms with Crippen molar-refractivity contribution in [2.75, 3.05) is 13.2 Å². The lowest BCUT2D eigenvalue weighted by atomic mass is 10.0. The Morgan fingerprint density at radius 3 is 2.41 bits per heavy atom. The van der Waals surface area contributed by atoms with Crippen LogP contribution in [0.25, 0.3) is 22.2 Å². The summed E-state index contributed by atoms with van der Waals surface area (Å²) in [4.78, 5) is 4.72. The number of aromatic nitrogens is 1. The normalized spacial score (nSPS) is 13.3. The Kier molecular flexibility index (Phi) is 3.16. The van der Waals surface area contributed by atoms with E-state index in [2.05, 4.69) is 0 Å². The molecule has 4 heteroatoms. The van der Waals surface area contributed by atoms with Gasteiger partial charge in [-0.25, -0.2) is 4.98 Å². The standard InChI is InChI=1S/C18H15NO3/c20-11-13-8-15(12-4-2-1-3-5-12)19-16-10-18-17(9-14(13)16)21-6-7-22-18/h1-5,8-10,20H,6-7,11H2. The van der Waals surface area contributed by atoms with Crippen molar-refractivity contribution in [3.63, 3.8) is 0 Å². The molecule has 2 heterocycles. The van der Waals surface area contributed by atoms with E-state index in [1.165, 1.54) is 0 Å². The van der Waals surface area contributed by atoms with Crippen molar-refractivity contribution in [3.05, 3.63) is 54.1 Å². The molecule has 0 amide bonds. The van der Waals surface area contributed by atoms with Gasteiger partial charge in [-0.1, -0.05) is 30.3 Å². The number of rotatable bonds is 2. The van der Waals surface area contributed by atoms with Crippen molar-refractivity contribution >= 4 is 10.9 Å². The van der Waals surface area contributed by atoms with Crippen LogP contribution >= 0.6 is 0 Å². The maximum absolute atomic E-state index is 9.71. The molecule has 4 nitrogen and oxygen atoms in total. The topological polar surface area (TPSA) is 51.6 Å². The van der Waals surface area contributed by atoms with E-state index in [1.54, 1.807) is 0 Å². The van der Waals surface area contributed by atoms with Gasteiger partial charge in [-0.2, -0.15) is 0 Å². The predicted octanol–water partition coefficient (Wildman–Crippen LogP) is 3.17. The second-order valence-corrected chi connectivity index (χ2v) is 5.20. The minimum absolute atomic E-state index is 0.0432. The number of ether oxygens (including phenoxy) is 2. The molecule has 0 radical (unpaired) electrons. The zero-order valence-electron chi connectivity index (χ0n) is 12.0. The van der Waals surface area contributed by atoms with Gasteiger partial charge in [0.25, 0.3) is 0 Å². The molecule has 2 aromatic carbocycles. The van der Waals surface area contributed by atoms with Crippen LogP contribution in [0.2, 0.25) is 0 Å². The largest absolute Gasteiger partial charge is 0.486 e. The summed E-state index contributed by atoms with van der Waals surface area (Å²) < 4.78 is 11.2. The summed E-state index contributed by atoms with van der Waals surface area (Å²) in [6, 6.07) is 15.6. The zero-order chi connectivity index (χ0) is 14.9. The lowest BCUT2D eigenvalue weighted by Crippen LogP contribution is -2.15. The van der Waals surface area contributed by atoms with Crippen molar-refractivity contribution in [3.8, 4) is 22.8 Å². The molecule has 0 saturated heterocycles. The van der Waals surface area contributed by atoms with Crippen LogP contribution in [0.5, 0.6) is 11.5 Å². The number of nitrogens with zero attached hydrogens (tertiary/aromatic N) is 1. The highest BCUT2D eigenvalue weighted by atomic mass is 16.6. The second-order valence-electron chi connectivity index (χ2n) is 5.20. The maximum Gasteiger partial charge on any atom is 0.163 e. The van der Waals surface area contributed by atoms with E-state index in [9.17, 15) is 5.11 Å². The molecule has 1 aromatic heterocycles. The molecule has 22 heavy (non-hydrogen) atoms. The highest BCUT2D eigenvalue weighted by Gasteiger charge is 2.16. The van der Waals surface area contributed by atoms with Crippen LogP contribution < -0.4 is 9.47 Å². The van der Waals surface area contributed by atoms with E-state index in [0.717, 1.165) is 27.7 Å². The Labute approximate surface area is 128 Å². The van der Waals surface area contributed by atoms with Crippen LogP contribution in [-0.4, -0.2) is 23.3 Å². The fourth-order valence-electron chi connectivity index (χ4n) is 2.72. The molecule has 0 unspecified atom stereocenters. The quantitative estimate of drug-likeness (QED) is 0.788. The Morgan fingerprint density at radius 2 is 1.68 bits per heavy atom. The molecule has 4 rings (SSSR count). The molecular formula is C18H15NO3. The summed E-state index contributed by atoms with van der Waals surface area (Å²) >= 11 is 0. The Hall–Kier alpha value is -2.59. The van der Waals surface area contributed by atoms with Crippen LogP contribution in [0, 0.1) is 0 Å². The van der Waals surface area contributed by atoms with Gasteiger partial charge >= 0.3 is 0 Å². The number of benzene rings is 2. The molecule has 1 aliphatic rings. The Morgan fingerprint density at radius 1 is 0.955 bits per heavy atom. The average Bonchev–Trinajstić information content (AvgIpc) is 2.59. The van der Waals surface area contributed by atoms with Gasteiger partial charge < -0.3 is 14.6 Å². The fourth-order valence-corrected chi connectivity index (χ4v) is 2.72. The number of aliphatic hydroxyl groups excluding tert-OH is 1. The lowest BCUT2D eigenvalue weighted by Gasteiger charge is -2.19. The maximum atomic E-state index is 9.71. The predicted molar refractivity (Wildman–Crippen MR) is 84.1 cm³/mol. The minimum Gasteiger partial charge on any atom is -0.486 e. The Balaban J connectivity index is 1.95. The SMILES string of the molecule is OCc1cc(-c2ccccc2)nc2cc3c(cc12)OCCO3. The van der Waals surface area contributed by atoms with Crippen LogP contribution in [0.15, 0.2) is 48.5 Å². The van der Waals surface area contributed by atoms with Gasteiger partial charge in [0.05, 0.1) is 17.8 Å². The first kappa shape index (κ1) is 13.1. The van der Waals surface area contributed by atoms with Gasteiger partial charge in [-0.3, -0.25) is 0 Å². The molecule has 110 valence electrons. The average molecular weight is 293 g/mol. The van der Waals surface area contributed by atoms with E-state index < -0.39 is 0 Å². The number of hydrogen-bond acceptors (Lipinski definition) is 4. The Bertz CT molecular complexity index is 831. The van der Waals surface area contributed by atoms with Crippen molar-refractivity contribution in [1.29, 1.82) is 0 Å². The van der Waals surface area contributed by atoms with Gasteiger partial charge in [0.1, 0.15) is 13.2 Å². The third-order valence-electron chi connectivity index (χ3n) is 3.80. The molecule has 0 bridgehead atoms. The van der Waals surface area contributed by atoms with E-state index in [0.29, 0.717) is 24.7 Å². The molecule has 0 spiro atoms. The highest BCUT2D eigenvalue weighted by Crippen LogP contribution is 2.36. The summed E-state index contributed by atoms with van der Waals surface area (Å²) in [5, 5.41) is 10.6. The zero-order valence-corrected chi connectivity index (χ0v) is 12.0. The van der Waals surface area contributed by atoms with Crippen LogP contribution in [0.3, 0.4) is 0 Å². The summed E-state index contributed by atoms with van der Waals surface area (Å²) in [7, 11) is 0. The fraction of sp³-hybridized carbons (Fsp3) is 0.167. The van der Waals surface area contributed by atoms with E-state index in [4.69, 9.17) is 14.5 Å². The second kappa shape index (κ2) is 5.31. The molecule has 0 aliphatic carbocycles. The van der Waals surface area contributed by atoms with E-state index >= 15 is 0 Å². The van der Waals surface area contributed by atoms with Crippen molar-refractivity contribution in [1.82, 2.24) is 4.98 Å². The van der Waals surface area contributed by atoms with Crippen molar-refractivity contribution < 1.29 is 14.6 Å². The van der Waals surface area contributed by atoms with Gasteiger partial charge in [0, 0.05) is 17.0 Å². The highest BCUT2D eigenvalue weighted by molar-refractivity contribution is 5.88. The molecule has 1 aliphatic heterocycles. The van der Waals surface area contributed by atoms with Gasteiger partial charge in [-0.15, -0.1) is 0 Å². The third kappa shape index (κ3) is 2.18. The van der Waals surface area contributed by atoms with Crippen LogP contribution in [-0.2, 0) is 6.61 Å². The summed E-state index contributed by atoms with van der Waals surface area (Å²) in [5.41, 5.74) is 3.50. The molecule has 0 atom stereocenters. The lowest BCUT2D eigenvalue weighted by molar-refractivity contribution is 0.172. The van der Waals surface area contributed by atoms with E-state index in [-0.39, 0.29) is 6.61 Å². The molecule has 0 fully saturated rings. The van der Waals surface area contributed by atoms with Crippen molar-refractivity contribution in [2.45, 2.75) is 6.61 Å². The monoisotopic (exact) mass is 293 g/mol. The first-order valence-corrected chi connectivity index (χ1v) is 7.25. The molecule has 0 saturated carbocycles. The van der Waals surface area contributed by atoms with E-state index in [1.807, 2.05) is 48.5 Å². The first-order chi connectivity index (χ1) is 10.8. The summed E-state index contributed by atoms with van der Waals surface area (Å²) in [6.45, 7) is 1.05. The minimum atomic E-state index is -0.0432. The van der Waals surface area contributed by atoms with Gasteiger partial charge in [0.15, 0.2) is 11.5 Å². The van der Waals surface area contributed by atoms with Gasteiger partial charge in [-0.05, 0) is 17.7 Å². The number of fused-ring (bicyclic) bond motifs is 2. The summed E-state index contributed by atoms with van der Waals surface area (Å²) in [6.07, 6.45) is 0. The molecule has 1 N–H and O–H groups in total. The first-order valence-electron chi connectivity index (χ1n) is 7.25.